The van der Waals surface area contributed by atoms with Crippen LogP contribution in [0.2, 0.25) is 0 Å². The molecule has 4 heterocycles. The summed E-state index contributed by atoms with van der Waals surface area (Å²) in [6, 6.07) is 33.0. The van der Waals surface area contributed by atoms with Crippen LogP contribution in [0.1, 0.15) is 57.9 Å². The third-order valence-electron chi connectivity index (χ3n) is 9.50. The van der Waals surface area contributed by atoms with Gasteiger partial charge in [-0.3, -0.25) is 4.79 Å². The van der Waals surface area contributed by atoms with Crippen molar-refractivity contribution in [2.45, 2.75) is 60.9 Å². The molecule has 6 N–H and O–H groups in total. The number of carbonyl (C=O) groups excluding carboxylic acids is 1. The highest BCUT2D eigenvalue weighted by molar-refractivity contribution is 5.88. The minimum Gasteiger partial charge on any atom is -0.485 e. The molecule has 1 amide bonds. The Labute approximate surface area is 350 Å². The average Bonchev–Trinajstić information content (AvgIpc) is 3.20. The summed E-state index contributed by atoms with van der Waals surface area (Å²) < 4.78 is 5.45. The van der Waals surface area contributed by atoms with Crippen LogP contribution >= 0.6 is 0 Å². The molecule has 4 aliphatic rings. The van der Waals surface area contributed by atoms with E-state index in [2.05, 4.69) is 140 Å². The summed E-state index contributed by atoms with van der Waals surface area (Å²) in [4.78, 5) is 10.6. The monoisotopic (exact) mass is 786 g/mol. The van der Waals surface area contributed by atoms with Crippen LogP contribution in [0.4, 0.5) is 28.4 Å². The van der Waals surface area contributed by atoms with Crippen LogP contribution in [0.5, 0.6) is 5.75 Å². The van der Waals surface area contributed by atoms with Crippen LogP contribution in [0.25, 0.3) is 6.08 Å². The molecular formula is C51H58N6O2. The second-order valence-electron chi connectivity index (χ2n) is 15.1. The number of hydrogen-bond donors (Lipinski definition) is 6. The van der Waals surface area contributed by atoms with Crippen LogP contribution in [-0.4, -0.2) is 12.5 Å². The van der Waals surface area contributed by atoms with Gasteiger partial charge >= 0.3 is 0 Å². The Bertz CT molecular complexity index is 2210. The zero-order valence-electron chi connectivity index (χ0n) is 35.4. The molecule has 9 rings (SSSR count). The molecule has 8 nitrogen and oxygen atoms in total. The van der Waals surface area contributed by atoms with Gasteiger partial charge in [-0.1, -0.05) is 103 Å². The highest BCUT2D eigenvalue weighted by Crippen LogP contribution is 2.30. The van der Waals surface area contributed by atoms with E-state index in [-0.39, 0.29) is 5.91 Å². The third kappa shape index (κ3) is 13.6. The van der Waals surface area contributed by atoms with Gasteiger partial charge in [0.05, 0.1) is 11.5 Å². The van der Waals surface area contributed by atoms with E-state index < -0.39 is 0 Å². The number of aryl methyl sites for hydroxylation is 6. The average molecular weight is 787 g/mol. The van der Waals surface area contributed by atoms with E-state index in [0.29, 0.717) is 6.61 Å². The maximum absolute atomic E-state index is 10.6. The molecule has 0 fully saturated rings. The summed E-state index contributed by atoms with van der Waals surface area (Å²) in [5.41, 5.74) is 18.7. The highest BCUT2D eigenvalue weighted by atomic mass is 16.5. The molecule has 4 aliphatic heterocycles. The maximum atomic E-state index is 10.6. The molecule has 8 heteroatoms. The molecule has 0 saturated carbocycles. The lowest BCUT2D eigenvalue weighted by Crippen LogP contribution is -2.24. The number of rotatable bonds is 1. The van der Waals surface area contributed by atoms with E-state index in [1.54, 1.807) is 0 Å². The fourth-order valence-electron chi connectivity index (χ4n) is 6.41. The van der Waals surface area contributed by atoms with Gasteiger partial charge in [-0.15, -0.1) is 0 Å². The predicted molar refractivity (Wildman–Crippen MR) is 251 cm³/mol. The molecule has 0 aliphatic carbocycles. The number of fused-ring (bicyclic) bond motifs is 4. The highest BCUT2D eigenvalue weighted by Gasteiger charge is 2.12. The number of benzene rings is 5. The van der Waals surface area contributed by atoms with E-state index in [1.165, 1.54) is 62.8 Å². The lowest BCUT2D eigenvalue weighted by molar-refractivity contribution is -0.114. The van der Waals surface area contributed by atoms with Gasteiger partial charge in [0.1, 0.15) is 12.4 Å². The number of amides is 1. The van der Waals surface area contributed by atoms with Gasteiger partial charge < -0.3 is 36.6 Å². The first-order valence-electron chi connectivity index (χ1n) is 19.8. The molecule has 0 spiro atoms. The summed E-state index contributed by atoms with van der Waals surface area (Å²) >= 11 is 0. The number of hydrogen-bond acceptors (Lipinski definition) is 7. The number of nitrogens with one attached hydrogen (secondary N) is 6. The summed E-state index contributed by atoms with van der Waals surface area (Å²) in [5.74, 6) is 1.77. The fourth-order valence-corrected chi connectivity index (χ4v) is 6.41. The third-order valence-corrected chi connectivity index (χ3v) is 9.50. The number of anilines is 5. The Hall–Kier alpha value is -6.93. The van der Waals surface area contributed by atoms with Gasteiger partial charge in [-0.05, 0) is 124 Å². The smallest absolute Gasteiger partial charge is 0.221 e. The Kier molecular flexibility index (Phi) is 15.0. The lowest BCUT2D eigenvalue weighted by Gasteiger charge is -2.21. The van der Waals surface area contributed by atoms with Crippen molar-refractivity contribution < 1.29 is 9.53 Å². The molecule has 5 aromatic carbocycles. The molecule has 5 aromatic rings. The molecule has 0 radical (unpaired) electrons. The van der Waals surface area contributed by atoms with Crippen LogP contribution in [0.3, 0.4) is 0 Å². The zero-order chi connectivity index (χ0) is 42.5. The van der Waals surface area contributed by atoms with Crippen molar-refractivity contribution in [3.05, 3.63) is 197 Å². The van der Waals surface area contributed by atoms with Gasteiger partial charge in [0.15, 0.2) is 0 Å². The van der Waals surface area contributed by atoms with Crippen LogP contribution < -0.4 is 36.6 Å². The summed E-state index contributed by atoms with van der Waals surface area (Å²) in [7, 11) is 0. The van der Waals surface area contributed by atoms with Gasteiger partial charge in [0.25, 0.3) is 0 Å². The largest absolute Gasteiger partial charge is 0.485 e. The van der Waals surface area contributed by atoms with Gasteiger partial charge in [-0.2, -0.15) is 0 Å². The minimum absolute atomic E-state index is 0.0335. The Morgan fingerprint density at radius 3 is 1.81 bits per heavy atom. The second-order valence-corrected chi connectivity index (χ2v) is 15.1. The number of ether oxygens (including phenoxy) is 1. The SMILES string of the molecule is C=C1C=Cc2cc(C)ccc2N1.C=C1CCc2cc(C)ccc2N1.C=C1COc2cc(C)ccc2N1.C=C1NCc2cc(C)ccc2N1.CC(=O)Nc1ccc(C)cc1. The van der Waals surface area contributed by atoms with Crippen LogP contribution in [0.15, 0.2) is 152 Å². The second kappa shape index (κ2) is 20.5. The van der Waals surface area contributed by atoms with Gasteiger partial charge in [0, 0.05) is 53.3 Å². The van der Waals surface area contributed by atoms with Crippen molar-refractivity contribution in [2.24, 2.45) is 0 Å². The standard InChI is InChI=1S/C11H13N.C11H11N.C10H12N2.C10H11NO.C9H11NO/c2*1-8-3-6-11-10(7-8)5-4-9(2)12-11;1-7-3-4-10-9(5-7)6-11-8(2)12-10;1-7-3-4-9-10(5-7)12-6-8(2)11-9;1-7-3-5-9(6-4-7)10-8(2)11/h3,6-7,12H,2,4-5H2,1H3;3-7,12H,2H2,1H3;3-5,11-12H,2,6H2,1H3;3-5,11H,2,6H2,1H3;3-6H,1-2H3,(H,10,11). The van der Waals surface area contributed by atoms with E-state index >= 15 is 0 Å². The van der Waals surface area contributed by atoms with Crippen LogP contribution in [0, 0.1) is 34.6 Å². The molecule has 0 aromatic heterocycles. The molecule has 0 unspecified atom stereocenters. The maximum Gasteiger partial charge on any atom is 0.221 e. The first kappa shape index (κ1) is 43.2. The summed E-state index contributed by atoms with van der Waals surface area (Å²) in [6.45, 7) is 28.7. The first-order chi connectivity index (χ1) is 28.2. The number of carbonyl (C=O) groups is 1. The minimum atomic E-state index is -0.0335. The van der Waals surface area contributed by atoms with E-state index in [0.717, 1.165) is 65.1 Å². The Balaban J connectivity index is 0.000000140. The normalized spacial score (nSPS) is 13.6. The Morgan fingerprint density at radius 1 is 0.576 bits per heavy atom. The van der Waals surface area contributed by atoms with Crippen molar-refractivity contribution in [3.63, 3.8) is 0 Å². The van der Waals surface area contributed by atoms with E-state index in [9.17, 15) is 4.79 Å². The number of allylic oxidation sites excluding steroid dienone is 2. The molecule has 304 valence electrons. The van der Waals surface area contributed by atoms with Crippen molar-refractivity contribution >= 4 is 40.4 Å². The summed E-state index contributed by atoms with van der Waals surface area (Å²) in [6.07, 6.45) is 6.27. The molecule has 0 saturated heterocycles. The van der Waals surface area contributed by atoms with E-state index in [1.807, 2.05) is 62.4 Å². The van der Waals surface area contributed by atoms with E-state index in [4.69, 9.17) is 4.74 Å². The van der Waals surface area contributed by atoms with Crippen molar-refractivity contribution in [2.75, 3.05) is 33.2 Å². The predicted octanol–water partition coefficient (Wildman–Crippen LogP) is 12.1. The molecular weight excluding hydrogens is 729 g/mol. The Morgan fingerprint density at radius 2 is 1.14 bits per heavy atom. The summed E-state index contributed by atoms with van der Waals surface area (Å²) in [5, 5.41) is 18.7. The molecule has 0 bridgehead atoms. The van der Waals surface area contributed by atoms with Crippen molar-refractivity contribution in [1.82, 2.24) is 5.32 Å². The fraction of sp³-hybridized carbons (Fsp3) is 0.196. The zero-order valence-corrected chi connectivity index (χ0v) is 35.4. The van der Waals surface area contributed by atoms with Crippen LogP contribution in [-0.2, 0) is 17.8 Å². The van der Waals surface area contributed by atoms with Crippen molar-refractivity contribution in [3.8, 4) is 5.75 Å². The first-order valence-corrected chi connectivity index (χ1v) is 19.8. The lowest BCUT2D eigenvalue weighted by atomic mass is 10.00. The van der Waals surface area contributed by atoms with Gasteiger partial charge in [-0.25, -0.2) is 0 Å². The quantitative estimate of drug-likeness (QED) is 0.101. The molecule has 59 heavy (non-hydrogen) atoms. The van der Waals surface area contributed by atoms with Gasteiger partial charge in [0.2, 0.25) is 5.91 Å². The molecule has 0 atom stereocenters. The van der Waals surface area contributed by atoms with Crippen molar-refractivity contribution in [1.29, 1.82) is 0 Å². The topological polar surface area (TPSA) is 98.5 Å².